The Bertz CT molecular complexity index is 1590. The molecule has 1 aliphatic heterocycles. The third-order valence-corrected chi connectivity index (χ3v) is 7.83. The molecule has 2 aromatic heterocycles. The Morgan fingerprint density at radius 1 is 0.978 bits per heavy atom. The number of ether oxygens (including phenoxy) is 2. The van der Waals surface area contributed by atoms with Crippen molar-refractivity contribution in [1.29, 1.82) is 0 Å². The number of aromatic nitrogens is 3. The molecule has 0 spiro atoms. The Morgan fingerprint density at radius 3 is 2.47 bits per heavy atom. The monoisotopic (exact) mass is 609 g/mol. The average molecular weight is 610 g/mol. The summed E-state index contributed by atoms with van der Waals surface area (Å²) in [5.41, 5.74) is 4.82. The van der Waals surface area contributed by atoms with Crippen molar-refractivity contribution in [2.45, 2.75) is 46.1 Å². The van der Waals surface area contributed by atoms with E-state index < -0.39 is 11.9 Å². The van der Waals surface area contributed by atoms with Gasteiger partial charge in [0, 0.05) is 31.4 Å². The quantitative estimate of drug-likeness (QED) is 0.218. The maximum Gasteiger partial charge on any atom is 0.325 e. The minimum atomic E-state index is -0.633. The van der Waals surface area contributed by atoms with Gasteiger partial charge in [0.25, 0.3) is 5.91 Å². The van der Waals surface area contributed by atoms with Crippen LogP contribution in [0.5, 0.6) is 11.5 Å². The molecule has 1 amide bonds. The lowest BCUT2D eigenvalue weighted by Gasteiger charge is -2.33. The summed E-state index contributed by atoms with van der Waals surface area (Å²) in [6, 6.07) is 20.8. The van der Waals surface area contributed by atoms with Gasteiger partial charge in [0.15, 0.2) is 11.4 Å². The van der Waals surface area contributed by atoms with Crippen LogP contribution in [-0.2, 0) is 29.0 Å². The predicted molar refractivity (Wildman–Crippen MR) is 170 cm³/mol. The minimum absolute atomic E-state index is 0.124. The molecule has 1 aliphatic rings. The molecule has 0 aliphatic carbocycles. The number of carbonyl (C=O) groups is 2. The third-order valence-electron chi connectivity index (χ3n) is 7.83. The van der Waals surface area contributed by atoms with Crippen LogP contribution in [0.1, 0.15) is 58.5 Å². The Balaban J connectivity index is 1.12. The highest BCUT2D eigenvalue weighted by molar-refractivity contribution is 5.96. The van der Waals surface area contributed by atoms with Gasteiger partial charge in [-0.2, -0.15) is 0 Å². The van der Waals surface area contributed by atoms with Gasteiger partial charge in [-0.05, 0) is 73.9 Å². The van der Waals surface area contributed by atoms with E-state index >= 15 is 0 Å². The van der Waals surface area contributed by atoms with E-state index in [2.05, 4.69) is 49.4 Å². The first-order valence-corrected chi connectivity index (χ1v) is 15.3. The number of nitrogens with zero attached hydrogens (tertiary/aromatic N) is 4. The summed E-state index contributed by atoms with van der Waals surface area (Å²) in [4.78, 5) is 39.7. The Hall–Kier alpha value is -4.99. The number of amides is 1. The van der Waals surface area contributed by atoms with Crippen molar-refractivity contribution in [2.75, 3.05) is 31.1 Å². The Labute approximate surface area is 263 Å². The predicted octanol–water partition coefficient (Wildman–Crippen LogP) is 4.81. The third kappa shape index (κ3) is 8.78. The second-order valence-electron chi connectivity index (χ2n) is 11.2. The number of aromatic hydroxyl groups is 1. The maximum absolute atomic E-state index is 12.6. The first kappa shape index (κ1) is 31.4. The van der Waals surface area contributed by atoms with Crippen LogP contribution >= 0.6 is 0 Å². The second-order valence-corrected chi connectivity index (χ2v) is 11.2. The molecular formula is C35H39N5O5. The highest BCUT2D eigenvalue weighted by atomic mass is 16.5. The van der Waals surface area contributed by atoms with Crippen molar-refractivity contribution < 1.29 is 24.2 Å². The average Bonchev–Trinajstić information content (AvgIpc) is 3.06. The van der Waals surface area contributed by atoms with E-state index in [0.717, 1.165) is 49.2 Å². The highest BCUT2D eigenvalue weighted by Gasteiger charge is 2.24. The zero-order chi connectivity index (χ0) is 31.6. The number of hydrogen-bond acceptors (Lipinski definition) is 9. The largest absolute Gasteiger partial charge is 0.504 e. The number of pyridine rings is 1. The van der Waals surface area contributed by atoms with Gasteiger partial charge >= 0.3 is 5.97 Å². The zero-order valence-electron chi connectivity index (χ0n) is 25.7. The summed E-state index contributed by atoms with van der Waals surface area (Å²) in [7, 11) is 0. The lowest BCUT2D eigenvalue weighted by Crippen LogP contribution is -2.34. The smallest absolute Gasteiger partial charge is 0.325 e. The fraction of sp³-hybridized carbons (Fsp3) is 0.343. The molecule has 234 valence electrons. The first-order valence-electron chi connectivity index (χ1n) is 15.3. The lowest BCUT2D eigenvalue weighted by molar-refractivity contribution is -0.141. The summed E-state index contributed by atoms with van der Waals surface area (Å²) in [5.74, 6) is 0.161. The SMILES string of the molecule is CCOC(=O)CNC(=O)c1nc(CC2CCN(c3ccc(Cc4cncc(OCc5ccccc5)c4)cc3)CC2)nc(C)c1O. The highest BCUT2D eigenvalue weighted by Crippen LogP contribution is 2.27. The fourth-order valence-corrected chi connectivity index (χ4v) is 5.42. The molecule has 0 radical (unpaired) electrons. The van der Waals surface area contributed by atoms with Crippen molar-refractivity contribution in [3.8, 4) is 11.5 Å². The van der Waals surface area contributed by atoms with Crippen LogP contribution in [0.4, 0.5) is 5.69 Å². The van der Waals surface area contributed by atoms with Gasteiger partial charge in [0.2, 0.25) is 0 Å². The van der Waals surface area contributed by atoms with Crippen molar-refractivity contribution in [3.05, 3.63) is 107 Å². The van der Waals surface area contributed by atoms with Crippen molar-refractivity contribution in [1.82, 2.24) is 20.3 Å². The molecule has 2 N–H and O–H groups in total. The second kappa shape index (κ2) is 15.1. The number of nitrogens with one attached hydrogen (secondary N) is 1. The number of anilines is 1. The van der Waals surface area contributed by atoms with Gasteiger partial charge in [-0.25, -0.2) is 9.97 Å². The summed E-state index contributed by atoms with van der Waals surface area (Å²) in [6.07, 6.45) is 6.92. The Kier molecular flexibility index (Phi) is 10.6. The van der Waals surface area contributed by atoms with Crippen LogP contribution in [0.3, 0.4) is 0 Å². The molecule has 10 nitrogen and oxygen atoms in total. The Morgan fingerprint density at radius 2 is 1.73 bits per heavy atom. The fourth-order valence-electron chi connectivity index (χ4n) is 5.42. The van der Waals surface area contributed by atoms with Crippen molar-refractivity contribution >= 4 is 17.6 Å². The molecule has 0 atom stereocenters. The molecule has 4 aromatic rings. The number of rotatable bonds is 12. The maximum atomic E-state index is 12.6. The van der Waals surface area contributed by atoms with Gasteiger partial charge in [0.05, 0.1) is 18.5 Å². The number of carbonyl (C=O) groups excluding carboxylic acids is 2. The van der Waals surface area contributed by atoms with Gasteiger partial charge in [-0.3, -0.25) is 14.6 Å². The van der Waals surface area contributed by atoms with Crippen LogP contribution in [0.15, 0.2) is 73.1 Å². The van der Waals surface area contributed by atoms with E-state index in [0.29, 0.717) is 30.5 Å². The zero-order valence-corrected chi connectivity index (χ0v) is 25.7. The molecule has 10 heteroatoms. The number of hydrogen-bond donors (Lipinski definition) is 2. The van der Waals surface area contributed by atoms with E-state index in [-0.39, 0.29) is 24.6 Å². The first-order chi connectivity index (χ1) is 21.9. The summed E-state index contributed by atoms with van der Waals surface area (Å²) >= 11 is 0. The van der Waals surface area contributed by atoms with Crippen molar-refractivity contribution in [2.24, 2.45) is 5.92 Å². The van der Waals surface area contributed by atoms with Crippen molar-refractivity contribution in [3.63, 3.8) is 0 Å². The van der Waals surface area contributed by atoms with Crippen LogP contribution in [-0.4, -0.2) is 58.2 Å². The molecule has 0 saturated carbocycles. The summed E-state index contributed by atoms with van der Waals surface area (Å²) in [5, 5.41) is 12.8. The summed E-state index contributed by atoms with van der Waals surface area (Å²) < 4.78 is 10.8. The van der Waals surface area contributed by atoms with E-state index in [9.17, 15) is 14.7 Å². The van der Waals surface area contributed by atoms with Crippen LogP contribution in [0.25, 0.3) is 0 Å². The lowest BCUT2D eigenvalue weighted by atomic mass is 9.92. The van der Waals surface area contributed by atoms with Gasteiger partial charge in [-0.1, -0.05) is 42.5 Å². The van der Waals surface area contributed by atoms with Gasteiger partial charge in [-0.15, -0.1) is 0 Å². The van der Waals surface area contributed by atoms with Gasteiger partial charge < -0.3 is 24.8 Å². The van der Waals surface area contributed by atoms with E-state index in [1.165, 1.54) is 11.3 Å². The number of piperidine rings is 1. The number of benzene rings is 2. The van der Waals surface area contributed by atoms with E-state index in [4.69, 9.17) is 9.47 Å². The molecule has 1 saturated heterocycles. The van der Waals surface area contributed by atoms with Crippen LogP contribution < -0.4 is 15.0 Å². The van der Waals surface area contributed by atoms with Crippen LogP contribution in [0.2, 0.25) is 0 Å². The normalized spacial score (nSPS) is 13.3. The molecule has 45 heavy (non-hydrogen) atoms. The number of esters is 1. The molecule has 1 fully saturated rings. The molecule has 0 unspecified atom stereocenters. The molecule has 3 heterocycles. The molecule has 0 bridgehead atoms. The van der Waals surface area contributed by atoms with Crippen LogP contribution in [0, 0.1) is 12.8 Å². The molecule has 2 aromatic carbocycles. The number of aryl methyl sites for hydroxylation is 1. The van der Waals surface area contributed by atoms with E-state index in [1.54, 1.807) is 20.0 Å². The molecular weight excluding hydrogens is 570 g/mol. The van der Waals surface area contributed by atoms with Gasteiger partial charge in [0.1, 0.15) is 24.7 Å². The minimum Gasteiger partial charge on any atom is -0.504 e. The van der Waals surface area contributed by atoms with E-state index in [1.807, 2.05) is 42.6 Å². The standard InChI is InChI=1S/C35H39N5O5/c1-3-44-32(41)22-37-35(43)33-34(42)24(2)38-31(39-33)19-26-13-15-40(16-14-26)29-11-9-25(10-12-29)17-28-18-30(21-36-20-28)45-23-27-7-5-4-6-8-27/h4-12,18,20-21,26,42H,3,13-17,19,22-23H2,1-2H3,(H,37,43). The topological polar surface area (TPSA) is 127 Å². The summed E-state index contributed by atoms with van der Waals surface area (Å²) in [6.45, 7) is 5.57. The molecule has 5 rings (SSSR count).